The van der Waals surface area contributed by atoms with Gasteiger partial charge in [-0.15, -0.1) is 9.24 Å². The summed E-state index contributed by atoms with van der Waals surface area (Å²) in [6.07, 6.45) is 5.74. The summed E-state index contributed by atoms with van der Waals surface area (Å²) in [6.45, 7) is 1.42. The van der Waals surface area contributed by atoms with Crippen LogP contribution in [0.3, 0.4) is 0 Å². The molecule has 0 aliphatic carbocycles. The molecule has 14 heavy (non-hydrogen) atoms. The molecule has 1 rings (SSSR count). The van der Waals surface area contributed by atoms with Crippen molar-refractivity contribution in [2.24, 2.45) is 5.73 Å². The fourth-order valence-corrected chi connectivity index (χ4v) is 1.80. The Kier molecular flexibility index (Phi) is 8.73. The van der Waals surface area contributed by atoms with Gasteiger partial charge in [-0.05, 0) is 38.4 Å². The van der Waals surface area contributed by atoms with E-state index >= 15 is 0 Å². The van der Waals surface area contributed by atoms with Crippen molar-refractivity contribution in [3.05, 3.63) is 0 Å². The van der Waals surface area contributed by atoms with Crippen molar-refractivity contribution in [3.8, 4) is 0 Å². The SMILES string of the molecule is N.NCCCOC1CCCC(CP)O1. The van der Waals surface area contributed by atoms with Gasteiger partial charge in [0.05, 0.1) is 12.7 Å². The lowest BCUT2D eigenvalue weighted by Crippen LogP contribution is -2.31. The van der Waals surface area contributed by atoms with Gasteiger partial charge in [0.1, 0.15) is 0 Å². The fourth-order valence-electron chi connectivity index (χ4n) is 1.46. The van der Waals surface area contributed by atoms with Crippen molar-refractivity contribution >= 4 is 9.24 Å². The van der Waals surface area contributed by atoms with Crippen molar-refractivity contribution in [2.45, 2.75) is 38.1 Å². The first kappa shape index (κ1) is 14.3. The largest absolute Gasteiger partial charge is 0.353 e. The van der Waals surface area contributed by atoms with E-state index in [0.29, 0.717) is 12.6 Å². The lowest BCUT2D eigenvalue weighted by molar-refractivity contribution is -0.187. The highest BCUT2D eigenvalue weighted by atomic mass is 31.0. The molecule has 0 aromatic carbocycles. The normalized spacial score (nSPS) is 27.0. The summed E-state index contributed by atoms with van der Waals surface area (Å²) in [5.74, 6) is 0. The van der Waals surface area contributed by atoms with E-state index in [0.717, 1.165) is 25.6 Å². The summed E-state index contributed by atoms with van der Waals surface area (Å²) in [5.41, 5.74) is 5.37. The molecule has 1 saturated heterocycles. The van der Waals surface area contributed by atoms with Crippen molar-refractivity contribution in [3.63, 3.8) is 0 Å². The molecule has 0 radical (unpaired) electrons. The van der Waals surface area contributed by atoms with Crippen LogP contribution in [0.5, 0.6) is 0 Å². The molecule has 0 aromatic rings. The molecule has 1 aliphatic heterocycles. The highest BCUT2D eigenvalue weighted by molar-refractivity contribution is 7.16. The first-order valence-electron chi connectivity index (χ1n) is 5.04. The van der Waals surface area contributed by atoms with Gasteiger partial charge in [0.25, 0.3) is 0 Å². The first-order valence-corrected chi connectivity index (χ1v) is 5.85. The summed E-state index contributed by atoms with van der Waals surface area (Å²) in [5, 5.41) is 0. The average molecular weight is 222 g/mol. The zero-order valence-electron chi connectivity index (χ0n) is 8.78. The first-order chi connectivity index (χ1) is 6.36. The molecule has 1 fully saturated rings. The zero-order chi connectivity index (χ0) is 9.52. The minimum absolute atomic E-state index is 0. The maximum absolute atomic E-state index is 5.70. The van der Waals surface area contributed by atoms with Gasteiger partial charge in [0, 0.05) is 0 Å². The van der Waals surface area contributed by atoms with Gasteiger partial charge in [-0.25, -0.2) is 0 Å². The van der Waals surface area contributed by atoms with Gasteiger partial charge in [-0.1, -0.05) is 0 Å². The monoisotopic (exact) mass is 222 g/mol. The van der Waals surface area contributed by atoms with Crippen LogP contribution in [-0.2, 0) is 9.47 Å². The second kappa shape index (κ2) is 8.57. The summed E-state index contributed by atoms with van der Waals surface area (Å²) >= 11 is 0. The van der Waals surface area contributed by atoms with E-state index in [4.69, 9.17) is 15.2 Å². The molecular formula is C9H23N2O2P. The molecule has 3 unspecified atom stereocenters. The lowest BCUT2D eigenvalue weighted by Gasteiger charge is -2.29. The van der Waals surface area contributed by atoms with E-state index in [1.807, 2.05) is 0 Å². The molecule has 5 heteroatoms. The Morgan fingerprint density at radius 2 is 2.21 bits per heavy atom. The van der Waals surface area contributed by atoms with Gasteiger partial charge in [0.2, 0.25) is 0 Å². The Bertz CT molecular complexity index is 138. The van der Waals surface area contributed by atoms with Gasteiger partial charge in [-0.2, -0.15) is 0 Å². The quantitative estimate of drug-likeness (QED) is 0.542. The third-order valence-electron chi connectivity index (χ3n) is 2.23. The number of nitrogens with two attached hydrogens (primary N) is 1. The standard InChI is InChI=1S/C9H20NO2P.H3N/c10-5-2-6-11-9-4-1-3-8(7-13)12-9;/h8-9H,1-7,10,13H2;1H3. The number of ether oxygens (including phenoxy) is 2. The third kappa shape index (κ3) is 5.23. The van der Waals surface area contributed by atoms with Crippen LogP contribution in [0.2, 0.25) is 0 Å². The number of rotatable bonds is 5. The van der Waals surface area contributed by atoms with Crippen LogP contribution in [-0.4, -0.2) is 31.7 Å². The zero-order valence-corrected chi connectivity index (χ0v) is 9.94. The van der Waals surface area contributed by atoms with Crippen LogP contribution >= 0.6 is 9.24 Å². The molecule has 0 spiro atoms. The summed E-state index contributed by atoms with van der Waals surface area (Å²) in [4.78, 5) is 0. The van der Waals surface area contributed by atoms with Gasteiger partial charge in [0.15, 0.2) is 6.29 Å². The molecule has 3 atom stereocenters. The Hall–Kier alpha value is 0.270. The molecule has 0 amide bonds. The molecule has 0 saturated carbocycles. The Morgan fingerprint density at radius 1 is 1.43 bits per heavy atom. The molecule has 4 nitrogen and oxygen atoms in total. The minimum atomic E-state index is 0. The summed E-state index contributed by atoms with van der Waals surface area (Å²) < 4.78 is 11.2. The van der Waals surface area contributed by atoms with Crippen molar-refractivity contribution < 1.29 is 9.47 Å². The molecule has 0 bridgehead atoms. The van der Waals surface area contributed by atoms with E-state index in [2.05, 4.69) is 9.24 Å². The predicted molar refractivity (Wildman–Crippen MR) is 61.7 cm³/mol. The summed E-state index contributed by atoms with van der Waals surface area (Å²) in [6, 6.07) is 0. The van der Waals surface area contributed by atoms with E-state index in [1.54, 1.807) is 0 Å². The van der Waals surface area contributed by atoms with Crippen LogP contribution in [0.25, 0.3) is 0 Å². The van der Waals surface area contributed by atoms with Crippen molar-refractivity contribution in [2.75, 3.05) is 19.3 Å². The molecule has 5 N–H and O–H groups in total. The highest BCUT2D eigenvalue weighted by Gasteiger charge is 2.20. The van der Waals surface area contributed by atoms with E-state index in [1.165, 1.54) is 12.8 Å². The number of hydrogen-bond acceptors (Lipinski definition) is 4. The molecule has 0 aromatic heterocycles. The maximum Gasteiger partial charge on any atom is 0.157 e. The Morgan fingerprint density at radius 3 is 2.86 bits per heavy atom. The highest BCUT2D eigenvalue weighted by Crippen LogP contribution is 2.21. The second-order valence-electron chi connectivity index (χ2n) is 3.37. The van der Waals surface area contributed by atoms with Crippen LogP contribution in [0.4, 0.5) is 0 Å². The topological polar surface area (TPSA) is 79.5 Å². The van der Waals surface area contributed by atoms with Crippen LogP contribution in [0, 0.1) is 0 Å². The summed E-state index contributed by atoms with van der Waals surface area (Å²) in [7, 11) is 2.72. The van der Waals surface area contributed by atoms with Gasteiger partial charge in [-0.3, -0.25) is 0 Å². The Labute approximate surface area is 88.7 Å². The van der Waals surface area contributed by atoms with E-state index < -0.39 is 0 Å². The van der Waals surface area contributed by atoms with Crippen LogP contribution in [0.15, 0.2) is 0 Å². The van der Waals surface area contributed by atoms with Gasteiger partial charge >= 0.3 is 0 Å². The fraction of sp³-hybridized carbons (Fsp3) is 1.00. The maximum atomic E-state index is 5.70. The minimum Gasteiger partial charge on any atom is -0.353 e. The second-order valence-corrected chi connectivity index (χ2v) is 3.84. The van der Waals surface area contributed by atoms with E-state index in [-0.39, 0.29) is 12.4 Å². The molecule has 86 valence electrons. The predicted octanol–water partition coefficient (Wildman–Crippen LogP) is 1.28. The van der Waals surface area contributed by atoms with E-state index in [9.17, 15) is 0 Å². The number of hydrogen-bond donors (Lipinski definition) is 2. The lowest BCUT2D eigenvalue weighted by atomic mass is 10.1. The van der Waals surface area contributed by atoms with Gasteiger partial charge < -0.3 is 21.4 Å². The van der Waals surface area contributed by atoms with Crippen LogP contribution < -0.4 is 11.9 Å². The van der Waals surface area contributed by atoms with Crippen LogP contribution in [0.1, 0.15) is 25.7 Å². The molecule has 1 heterocycles. The third-order valence-corrected chi connectivity index (χ3v) is 2.75. The Balaban J connectivity index is 0.00000169. The smallest absolute Gasteiger partial charge is 0.157 e. The van der Waals surface area contributed by atoms with Crippen molar-refractivity contribution in [1.82, 2.24) is 6.15 Å². The average Bonchev–Trinajstić information content (AvgIpc) is 2.19. The molecular weight excluding hydrogens is 199 g/mol. The van der Waals surface area contributed by atoms with Crippen molar-refractivity contribution in [1.29, 1.82) is 0 Å². The molecule has 1 aliphatic rings.